The second kappa shape index (κ2) is 8.85. The van der Waals surface area contributed by atoms with E-state index in [1.807, 2.05) is 23.1 Å². The summed E-state index contributed by atoms with van der Waals surface area (Å²) in [7, 11) is 3.26. The predicted molar refractivity (Wildman–Crippen MR) is 108 cm³/mol. The third-order valence-corrected chi connectivity index (χ3v) is 5.47. The maximum Gasteiger partial charge on any atom is 0.261 e. The van der Waals surface area contributed by atoms with Gasteiger partial charge in [0.2, 0.25) is 0 Å². The molecular formula is C20H21BrClNO4. The Labute approximate surface area is 172 Å². The summed E-state index contributed by atoms with van der Waals surface area (Å²) < 4.78 is 17.3. The number of likely N-dealkylation sites (tertiary alicyclic amines) is 1. The molecule has 5 nitrogen and oxygen atoms in total. The molecule has 2 aromatic rings. The Morgan fingerprint density at radius 2 is 1.96 bits per heavy atom. The minimum absolute atomic E-state index is 0.0387. The molecule has 0 radical (unpaired) electrons. The number of hydrogen-bond donors (Lipinski definition) is 0. The number of ether oxygens (including phenoxy) is 3. The largest absolute Gasteiger partial charge is 0.497 e. The van der Waals surface area contributed by atoms with E-state index in [4.69, 9.17) is 25.8 Å². The fourth-order valence-electron chi connectivity index (χ4n) is 3.30. The van der Waals surface area contributed by atoms with Crippen LogP contribution in [0.4, 0.5) is 0 Å². The van der Waals surface area contributed by atoms with Crippen molar-refractivity contribution in [2.75, 3.05) is 27.4 Å². The zero-order valence-electron chi connectivity index (χ0n) is 15.2. The lowest BCUT2D eigenvalue weighted by atomic mass is 10.0. The van der Waals surface area contributed by atoms with E-state index in [0.29, 0.717) is 17.3 Å². The molecule has 7 heteroatoms. The van der Waals surface area contributed by atoms with Crippen LogP contribution in [0.15, 0.2) is 40.9 Å². The molecule has 0 bridgehead atoms. The Balaban J connectivity index is 1.75. The van der Waals surface area contributed by atoms with Gasteiger partial charge in [-0.2, -0.15) is 0 Å². The number of methoxy groups -OCH3 is 2. The van der Waals surface area contributed by atoms with Crippen LogP contribution in [0.25, 0.3) is 0 Å². The van der Waals surface area contributed by atoms with Crippen molar-refractivity contribution in [3.63, 3.8) is 0 Å². The van der Waals surface area contributed by atoms with Gasteiger partial charge in [0.15, 0.2) is 6.61 Å². The molecule has 1 atom stereocenters. The summed E-state index contributed by atoms with van der Waals surface area (Å²) in [5.74, 6) is 2.01. The lowest BCUT2D eigenvalue weighted by Crippen LogP contribution is -2.34. The molecule has 0 aliphatic carbocycles. The minimum atomic E-state index is -0.0655. The maximum absolute atomic E-state index is 12.8. The Bertz CT molecular complexity index is 830. The quantitative estimate of drug-likeness (QED) is 0.625. The van der Waals surface area contributed by atoms with E-state index in [1.54, 1.807) is 32.4 Å². The van der Waals surface area contributed by atoms with Gasteiger partial charge >= 0.3 is 0 Å². The van der Waals surface area contributed by atoms with Crippen LogP contribution in [0.1, 0.15) is 24.4 Å². The number of hydrogen-bond acceptors (Lipinski definition) is 4. The SMILES string of the molecule is COc1ccc(OC)c([C@H]2CCCN2C(=O)COc2ccc(Cl)cc2Br)c1. The molecule has 1 amide bonds. The van der Waals surface area contributed by atoms with Crippen molar-refractivity contribution < 1.29 is 19.0 Å². The Kier molecular flexibility index (Phi) is 6.50. The molecule has 1 aliphatic heterocycles. The number of carbonyl (C=O) groups excluding carboxylic acids is 1. The molecular weight excluding hydrogens is 434 g/mol. The van der Waals surface area contributed by atoms with Crippen molar-refractivity contribution in [2.45, 2.75) is 18.9 Å². The first-order chi connectivity index (χ1) is 13.0. The monoisotopic (exact) mass is 453 g/mol. The second-order valence-electron chi connectivity index (χ2n) is 6.22. The van der Waals surface area contributed by atoms with Crippen LogP contribution in [0, 0.1) is 0 Å². The van der Waals surface area contributed by atoms with Gasteiger partial charge in [0, 0.05) is 17.1 Å². The van der Waals surface area contributed by atoms with Crippen molar-refractivity contribution in [1.29, 1.82) is 0 Å². The average molecular weight is 455 g/mol. The van der Waals surface area contributed by atoms with Crippen LogP contribution in [-0.4, -0.2) is 38.2 Å². The van der Waals surface area contributed by atoms with Gasteiger partial charge in [-0.1, -0.05) is 11.6 Å². The highest BCUT2D eigenvalue weighted by Gasteiger charge is 2.32. The summed E-state index contributed by atoms with van der Waals surface area (Å²) in [5, 5.41) is 0.602. The van der Waals surface area contributed by atoms with Crippen LogP contribution in [-0.2, 0) is 4.79 Å². The lowest BCUT2D eigenvalue weighted by molar-refractivity contribution is -0.134. The summed E-state index contributed by atoms with van der Waals surface area (Å²) in [5.41, 5.74) is 0.954. The third kappa shape index (κ3) is 4.50. The smallest absolute Gasteiger partial charge is 0.261 e. The topological polar surface area (TPSA) is 48.0 Å². The summed E-state index contributed by atoms with van der Waals surface area (Å²) in [4.78, 5) is 14.7. The molecule has 0 saturated carbocycles. The van der Waals surface area contributed by atoms with Crippen molar-refractivity contribution in [2.24, 2.45) is 0 Å². The minimum Gasteiger partial charge on any atom is -0.497 e. The molecule has 0 aromatic heterocycles. The highest BCUT2D eigenvalue weighted by atomic mass is 79.9. The Hall–Kier alpha value is -1.92. The number of nitrogens with zero attached hydrogens (tertiary/aromatic N) is 1. The van der Waals surface area contributed by atoms with Crippen LogP contribution < -0.4 is 14.2 Å². The molecule has 1 aliphatic rings. The van der Waals surface area contributed by atoms with Gasteiger partial charge < -0.3 is 19.1 Å². The highest BCUT2D eigenvalue weighted by Crippen LogP contribution is 2.39. The zero-order chi connectivity index (χ0) is 19.4. The fraction of sp³-hybridized carbons (Fsp3) is 0.350. The molecule has 0 N–H and O–H groups in total. The first-order valence-corrected chi connectivity index (χ1v) is 9.80. The Morgan fingerprint density at radius 1 is 1.19 bits per heavy atom. The first kappa shape index (κ1) is 19.8. The van der Waals surface area contributed by atoms with Crippen LogP contribution >= 0.6 is 27.5 Å². The van der Waals surface area contributed by atoms with E-state index >= 15 is 0 Å². The van der Waals surface area contributed by atoms with Crippen LogP contribution in [0.3, 0.4) is 0 Å². The average Bonchev–Trinajstić information content (AvgIpc) is 3.16. The normalized spacial score (nSPS) is 16.3. The molecule has 2 aromatic carbocycles. The number of carbonyl (C=O) groups is 1. The number of rotatable bonds is 6. The van der Waals surface area contributed by atoms with Gasteiger partial charge in [0.05, 0.1) is 24.7 Å². The van der Waals surface area contributed by atoms with Crippen LogP contribution in [0.2, 0.25) is 5.02 Å². The van der Waals surface area contributed by atoms with Gasteiger partial charge in [-0.25, -0.2) is 0 Å². The highest BCUT2D eigenvalue weighted by molar-refractivity contribution is 9.10. The number of halogens is 2. The zero-order valence-corrected chi connectivity index (χ0v) is 17.5. The van der Waals surface area contributed by atoms with E-state index in [-0.39, 0.29) is 18.6 Å². The van der Waals surface area contributed by atoms with Crippen molar-refractivity contribution in [3.05, 3.63) is 51.5 Å². The van der Waals surface area contributed by atoms with E-state index in [2.05, 4.69) is 15.9 Å². The predicted octanol–water partition coefficient (Wildman–Crippen LogP) is 4.86. The molecule has 0 unspecified atom stereocenters. The number of benzene rings is 2. The molecule has 144 valence electrons. The third-order valence-electron chi connectivity index (χ3n) is 4.61. The molecule has 27 heavy (non-hydrogen) atoms. The summed E-state index contributed by atoms with van der Waals surface area (Å²) in [6.07, 6.45) is 1.81. The van der Waals surface area contributed by atoms with E-state index in [1.165, 1.54) is 0 Å². The molecule has 1 heterocycles. The Morgan fingerprint density at radius 3 is 2.67 bits per heavy atom. The van der Waals surface area contributed by atoms with Gasteiger partial charge in [-0.05, 0) is 65.2 Å². The van der Waals surface area contributed by atoms with Crippen LogP contribution in [0.5, 0.6) is 17.2 Å². The first-order valence-electron chi connectivity index (χ1n) is 8.62. The summed E-state index contributed by atoms with van der Waals surface area (Å²) >= 11 is 9.34. The molecule has 0 spiro atoms. The van der Waals surface area contributed by atoms with E-state index in [9.17, 15) is 4.79 Å². The summed E-state index contributed by atoms with van der Waals surface area (Å²) in [6.45, 7) is 0.651. The second-order valence-corrected chi connectivity index (χ2v) is 7.51. The van der Waals surface area contributed by atoms with Gasteiger partial charge in [0.25, 0.3) is 5.91 Å². The van der Waals surface area contributed by atoms with Crippen molar-refractivity contribution in [1.82, 2.24) is 4.90 Å². The number of amides is 1. The van der Waals surface area contributed by atoms with Crippen molar-refractivity contribution in [3.8, 4) is 17.2 Å². The lowest BCUT2D eigenvalue weighted by Gasteiger charge is -2.26. The van der Waals surface area contributed by atoms with E-state index < -0.39 is 0 Å². The molecule has 1 saturated heterocycles. The molecule has 1 fully saturated rings. The maximum atomic E-state index is 12.8. The van der Waals surface area contributed by atoms with Gasteiger partial charge in [-0.3, -0.25) is 4.79 Å². The van der Waals surface area contributed by atoms with Gasteiger partial charge in [0.1, 0.15) is 17.2 Å². The summed E-state index contributed by atoms with van der Waals surface area (Å²) in [6, 6.07) is 10.8. The van der Waals surface area contributed by atoms with Crippen molar-refractivity contribution >= 4 is 33.4 Å². The van der Waals surface area contributed by atoms with E-state index in [0.717, 1.165) is 34.4 Å². The van der Waals surface area contributed by atoms with Gasteiger partial charge in [-0.15, -0.1) is 0 Å². The standard InChI is InChI=1S/C20H21BrClNO4/c1-25-14-6-8-18(26-2)15(11-14)17-4-3-9-23(17)20(24)12-27-19-7-5-13(22)10-16(19)21/h5-8,10-11,17H,3-4,9,12H2,1-2H3/t17-/m1/s1. The fourth-order valence-corrected chi connectivity index (χ4v) is 4.10. The molecule has 3 rings (SSSR count).